The molecule has 0 unspecified atom stereocenters. The highest BCUT2D eigenvalue weighted by Crippen LogP contribution is 2.00. The van der Waals surface area contributed by atoms with Crippen molar-refractivity contribution in [3.05, 3.63) is 29.6 Å². The molecule has 0 atom stereocenters. The second kappa shape index (κ2) is 8.61. The molecule has 1 rings (SSSR count). The molecule has 1 heterocycles. The van der Waals surface area contributed by atoms with Gasteiger partial charge in [-0.1, -0.05) is 19.9 Å². The fourth-order valence-electron chi connectivity index (χ4n) is 1.48. The van der Waals surface area contributed by atoms with Crippen LogP contribution in [-0.4, -0.2) is 35.8 Å². The summed E-state index contributed by atoms with van der Waals surface area (Å²) in [6.07, 6.45) is 1.07. The molecular weight excluding hydrogens is 244 g/mol. The van der Waals surface area contributed by atoms with E-state index in [1.54, 1.807) is 12.1 Å². The molecule has 0 radical (unpaired) electrons. The number of pyridine rings is 1. The molecular formula is C14H22N2O3. The van der Waals surface area contributed by atoms with Crippen LogP contribution in [0.15, 0.2) is 18.2 Å². The van der Waals surface area contributed by atoms with E-state index in [2.05, 4.69) is 24.1 Å². The van der Waals surface area contributed by atoms with E-state index >= 15 is 0 Å². The second-order valence-electron chi connectivity index (χ2n) is 4.79. The molecule has 0 spiro atoms. The van der Waals surface area contributed by atoms with Gasteiger partial charge in [-0.15, -0.1) is 0 Å². The Balaban J connectivity index is 2.15. The molecule has 0 aliphatic rings. The van der Waals surface area contributed by atoms with E-state index in [1.165, 1.54) is 6.07 Å². The van der Waals surface area contributed by atoms with Crippen molar-refractivity contribution in [2.45, 2.75) is 26.8 Å². The molecule has 5 nitrogen and oxygen atoms in total. The minimum absolute atomic E-state index is 0.0764. The van der Waals surface area contributed by atoms with Crippen LogP contribution in [-0.2, 0) is 11.3 Å². The van der Waals surface area contributed by atoms with E-state index in [1.807, 2.05) is 0 Å². The van der Waals surface area contributed by atoms with Crippen molar-refractivity contribution in [3.63, 3.8) is 0 Å². The molecule has 1 aromatic heterocycles. The molecule has 0 saturated heterocycles. The van der Waals surface area contributed by atoms with Gasteiger partial charge in [0.2, 0.25) is 0 Å². The molecule has 0 fully saturated rings. The quantitative estimate of drug-likeness (QED) is 0.668. The van der Waals surface area contributed by atoms with E-state index in [0.29, 0.717) is 19.1 Å². The van der Waals surface area contributed by atoms with Crippen molar-refractivity contribution in [2.75, 3.05) is 19.8 Å². The van der Waals surface area contributed by atoms with Gasteiger partial charge < -0.3 is 15.2 Å². The monoisotopic (exact) mass is 266 g/mol. The van der Waals surface area contributed by atoms with E-state index in [4.69, 9.17) is 9.84 Å². The van der Waals surface area contributed by atoms with Gasteiger partial charge in [0.25, 0.3) is 0 Å². The number of carboxylic acid groups (broad SMARTS) is 1. The lowest BCUT2D eigenvalue weighted by molar-refractivity contribution is 0.0690. The molecule has 0 bridgehead atoms. The van der Waals surface area contributed by atoms with Gasteiger partial charge in [0.1, 0.15) is 5.69 Å². The fourth-order valence-corrected chi connectivity index (χ4v) is 1.48. The highest BCUT2D eigenvalue weighted by Gasteiger charge is 2.04. The summed E-state index contributed by atoms with van der Waals surface area (Å²) in [4.78, 5) is 14.8. The summed E-state index contributed by atoms with van der Waals surface area (Å²) in [7, 11) is 0. The summed E-state index contributed by atoms with van der Waals surface area (Å²) in [5, 5.41) is 12.0. The van der Waals surface area contributed by atoms with E-state index in [9.17, 15) is 4.79 Å². The molecule has 0 aliphatic heterocycles. The Bertz CT molecular complexity index is 394. The Morgan fingerprint density at radius 1 is 1.42 bits per heavy atom. The number of nitrogens with one attached hydrogen (secondary N) is 1. The average Bonchev–Trinajstić information content (AvgIpc) is 2.37. The number of aromatic nitrogens is 1. The zero-order valence-corrected chi connectivity index (χ0v) is 11.6. The number of ether oxygens (including phenoxy) is 1. The van der Waals surface area contributed by atoms with Crippen molar-refractivity contribution >= 4 is 5.97 Å². The van der Waals surface area contributed by atoms with Crippen LogP contribution >= 0.6 is 0 Å². The van der Waals surface area contributed by atoms with Crippen LogP contribution in [0.25, 0.3) is 0 Å². The number of hydrogen-bond donors (Lipinski definition) is 2. The number of aromatic carboxylic acids is 1. The van der Waals surface area contributed by atoms with E-state index in [0.717, 1.165) is 25.3 Å². The molecule has 0 aliphatic carbocycles. The minimum atomic E-state index is -1.00. The number of hydrogen-bond acceptors (Lipinski definition) is 4. The van der Waals surface area contributed by atoms with Gasteiger partial charge in [0.05, 0.1) is 12.3 Å². The van der Waals surface area contributed by atoms with Gasteiger partial charge in [-0.05, 0) is 24.5 Å². The minimum Gasteiger partial charge on any atom is -0.477 e. The highest BCUT2D eigenvalue weighted by atomic mass is 16.5. The molecule has 0 saturated carbocycles. The fraction of sp³-hybridized carbons (Fsp3) is 0.571. The molecule has 106 valence electrons. The Morgan fingerprint density at radius 3 is 2.89 bits per heavy atom. The van der Waals surface area contributed by atoms with Crippen LogP contribution in [0.5, 0.6) is 0 Å². The van der Waals surface area contributed by atoms with Crippen LogP contribution < -0.4 is 5.32 Å². The first-order chi connectivity index (χ1) is 9.09. The lowest BCUT2D eigenvalue weighted by Crippen LogP contribution is -2.20. The predicted molar refractivity (Wildman–Crippen MR) is 73.2 cm³/mol. The first kappa shape index (κ1) is 15.6. The Kier molecular flexibility index (Phi) is 7.07. The van der Waals surface area contributed by atoms with Crippen LogP contribution in [0.3, 0.4) is 0 Å². The molecule has 2 N–H and O–H groups in total. The predicted octanol–water partition coefficient (Wildman–Crippen LogP) is 1.93. The van der Waals surface area contributed by atoms with Crippen molar-refractivity contribution in [1.29, 1.82) is 0 Å². The average molecular weight is 266 g/mol. The van der Waals surface area contributed by atoms with Gasteiger partial charge in [0.15, 0.2) is 0 Å². The highest BCUT2D eigenvalue weighted by molar-refractivity contribution is 5.85. The van der Waals surface area contributed by atoms with Gasteiger partial charge in [-0.3, -0.25) is 0 Å². The van der Waals surface area contributed by atoms with Crippen LogP contribution in [0.4, 0.5) is 0 Å². The third-order valence-electron chi connectivity index (χ3n) is 2.59. The summed E-state index contributed by atoms with van der Waals surface area (Å²) in [5.74, 6) is -0.338. The van der Waals surface area contributed by atoms with E-state index in [-0.39, 0.29) is 5.69 Å². The van der Waals surface area contributed by atoms with Crippen LogP contribution in [0, 0.1) is 5.92 Å². The molecule has 5 heteroatoms. The maximum absolute atomic E-state index is 10.8. The first-order valence-corrected chi connectivity index (χ1v) is 6.57. The Labute approximate surface area is 114 Å². The normalized spacial score (nSPS) is 10.9. The number of nitrogens with zero attached hydrogens (tertiary/aromatic N) is 1. The molecule has 0 aromatic carbocycles. The smallest absolute Gasteiger partial charge is 0.354 e. The summed E-state index contributed by atoms with van der Waals surface area (Å²) in [5.41, 5.74) is 0.801. The zero-order valence-electron chi connectivity index (χ0n) is 11.6. The molecule has 19 heavy (non-hydrogen) atoms. The topological polar surface area (TPSA) is 71.5 Å². The third-order valence-corrected chi connectivity index (χ3v) is 2.59. The summed E-state index contributed by atoms with van der Waals surface area (Å²) in [6, 6.07) is 4.99. The second-order valence-corrected chi connectivity index (χ2v) is 4.79. The molecule has 1 aromatic rings. The summed E-state index contributed by atoms with van der Waals surface area (Å²) >= 11 is 0. The lowest BCUT2D eigenvalue weighted by Gasteiger charge is -2.07. The summed E-state index contributed by atoms with van der Waals surface area (Å²) < 4.78 is 5.47. The van der Waals surface area contributed by atoms with Crippen LogP contribution in [0.1, 0.15) is 36.5 Å². The largest absolute Gasteiger partial charge is 0.477 e. The third kappa shape index (κ3) is 6.88. The van der Waals surface area contributed by atoms with E-state index < -0.39 is 5.97 Å². The van der Waals surface area contributed by atoms with Gasteiger partial charge in [0, 0.05) is 19.7 Å². The van der Waals surface area contributed by atoms with Crippen molar-refractivity contribution in [3.8, 4) is 0 Å². The van der Waals surface area contributed by atoms with Crippen LogP contribution in [0.2, 0.25) is 0 Å². The lowest BCUT2D eigenvalue weighted by atomic mass is 10.1. The summed E-state index contributed by atoms with van der Waals surface area (Å²) in [6.45, 7) is 7.06. The van der Waals surface area contributed by atoms with Crippen molar-refractivity contribution in [2.24, 2.45) is 5.92 Å². The van der Waals surface area contributed by atoms with Crippen molar-refractivity contribution in [1.82, 2.24) is 10.3 Å². The van der Waals surface area contributed by atoms with Gasteiger partial charge in [-0.2, -0.15) is 0 Å². The maximum atomic E-state index is 10.8. The standard InChI is InChI=1S/C14H22N2O3/c1-11(2)6-8-19-9-7-15-10-12-4-3-5-13(16-12)14(17)18/h3-5,11,15H,6-10H2,1-2H3,(H,17,18). The maximum Gasteiger partial charge on any atom is 0.354 e. The van der Waals surface area contributed by atoms with Gasteiger partial charge in [-0.25, -0.2) is 9.78 Å². The number of rotatable bonds is 9. The number of carbonyl (C=O) groups is 1. The number of carboxylic acids is 1. The Morgan fingerprint density at radius 2 is 2.21 bits per heavy atom. The van der Waals surface area contributed by atoms with Gasteiger partial charge >= 0.3 is 5.97 Å². The Hall–Kier alpha value is -1.46. The first-order valence-electron chi connectivity index (χ1n) is 6.57. The molecule has 0 amide bonds. The zero-order chi connectivity index (χ0) is 14.1. The van der Waals surface area contributed by atoms with Crippen molar-refractivity contribution < 1.29 is 14.6 Å². The SMILES string of the molecule is CC(C)CCOCCNCc1cccc(C(=O)O)n1.